The average Bonchev–Trinajstić information content (AvgIpc) is 3.03. The van der Waals surface area contributed by atoms with Crippen molar-refractivity contribution in [1.29, 1.82) is 0 Å². The van der Waals surface area contributed by atoms with Crippen LogP contribution in [-0.2, 0) is 30.3 Å². The standard InChI is InChI=1S/C35H52N6O7/c1-8-10-11-14-28(42)39-27(30(43)40-29(23(3)9-2)31(44)41-35(6,7)34(4,5)32(36)45)20-24-15-17-26(18-16-24)47-22-48-33(46)38-25-13-12-19-37-21-25/h12-13,15-19,21,23,27,29H,8-11,14,20,22H2,1-7H3,(H2,36,45)(H,38,46)(H,39,42)(H,40,43)(H,41,44). The fourth-order valence-electron chi connectivity index (χ4n) is 4.52. The van der Waals surface area contributed by atoms with Crippen LogP contribution in [0.15, 0.2) is 48.8 Å². The van der Waals surface area contributed by atoms with Crippen LogP contribution in [0.5, 0.6) is 5.75 Å². The summed E-state index contributed by atoms with van der Waals surface area (Å²) in [6.45, 7) is 12.2. The molecule has 0 aliphatic rings. The number of anilines is 1. The predicted molar refractivity (Wildman–Crippen MR) is 183 cm³/mol. The molecule has 0 aliphatic heterocycles. The number of nitrogens with two attached hydrogens (primary N) is 1. The van der Waals surface area contributed by atoms with Gasteiger partial charge in [-0.05, 0) is 69.9 Å². The average molecular weight is 669 g/mol. The number of unbranched alkanes of at least 4 members (excludes halogenated alkanes) is 2. The molecule has 2 aromatic rings. The van der Waals surface area contributed by atoms with Crippen molar-refractivity contribution in [2.75, 3.05) is 12.1 Å². The molecule has 0 fully saturated rings. The number of nitrogens with zero attached hydrogens (tertiary/aromatic N) is 1. The maximum Gasteiger partial charge on any atom is 0.414 e. The summed E-state index contributed by atoms with van der Waals surface area (Å²) in [6, 6.07) is 8.24. The van der Waals surface area contributed by atoms with E-state index in [4.69, 9.17) is 15.2 Å². The molecule has 1 aromatic heterocycles. The number of benzene rings is 1. The van der Waals surface area contributed by atoms with Gasteiger partial charge < -0.3 is 31.2 Å². The molecule has 0 aliphatic carbocycles. The summed E-state index contributed by atoms with van der Waals surface area (Å²) >= 11 is 0. The van der Waals surface area contributed by atoms with Crippen molar-refractivity contribution in [1.82, 2.24) is 20.9 Å². The Bertz CT molecular complexity index is 1370. The monoisotopic (exact) mass is 668 g/mol. The highest BCUT2D eigenvalue weighted by Gasteiger charge is 2.44. The van der Waals surface area contributed by atoms with Gasteiger partial charge in [0, 0.05) is 24.6 Å². The minimum Gasteiger partial charge on any atom is -0.457 e. The van der Waals surface area contributed by atoms with Crippen molar-refractivity contribution in [2.45, 2.75) is 105 Å². The van der Waals surface area contributed by atoms with Gasteiger partial charge in [0.05, 0.1) is 17.3 Å². The molecule has 6 N–H and O–H groups in total. The number of amides is 5. The summed E-state index contributed by atoms with van der Waals surface area (Å²) in [6.07, 6.45) is 5.88. The number of aromatic nitrogens is 1. The fraction of sp³-hybridized carbons (Fsp3) is 0.543. The Labute approximate surface area is 283 Å². The summed E-state index contributed by atoms with van der Waals surface area (Å²) in [4.78, 5) is 68.2. The summed E-state index contributed by atoms with van der Waals surface area (Å²) < 4.78 is 10.6. The number of primary amides is 1. The van der Waals surface area contributed by atoms with Gasteiger partial charge in [-0.1, -0.05) is 52.2 Å². The van der Waals surface area contributed by atoms with Gasteiger partial charge >= 0.3 is 6.09 Å². The molecule has 0 saturated carbocycles. The number of pyridine rings is 1. The first-order valence-corrected chi connectivity index (χ1v) is 16.4. The van der Waals surface area contributed by atoms with Crippen LogP contribution in [0.2, 0.25) is 0 Å². The van der Waals surface area contributed by atoms with E-state index in [0.29, 0.717) is 24.3 Å². The number of ether oxygens (including phenoxy) is 2. The summed E-state index contributed by atoms with van der Waals surface area (Å²) in [7, 11) is 0. The number of rotatable bonds is 19. The largest absolute Gasteiger partial charge is 0.457 e. The van der Waals surface area contributed by atoms with Crippen molar-refractivity contribution in [3.63, 3.8) is 0 Å². The lowest BCUT2D eigenvalue weighted by atomic mass is 9.73. The van der Waals surface area contributed by atoms with E-state index in [0.717, 1.165) is 18.4 Å². The lowest BCUT2D eigenvalue weighted by Crippen LogP contribution is -2.63. The van der Waals surface area contributed by atoms with Crippen LogP contribution in [0.3, 0.4) is 0 Å². The fourth-order valence-corrected chi connectivity index (χ4v) is 4.52. The van der Waals surface area contributed by atoms with Gasteiger partial charge in [0.25, 0.3) is 0 Å². The zero-order valence-corrected chi connectivity index (χ0v) is 29.2. The second-order valence-electron chi connectivity index (χ2n) is 13.0. The topological polar surface area (TPSA) is 191 Å². The van der Waals surface area contributed by atoms with E-state index in [1.807, 2.05) is 20.8 Å². The summed E-state index contributed by atoms with van der Waals surface area (Å²) in [5.74, 6) is -1.64. The molecule has 0 spiro atoms. The van der Waals surface area contributed by atoms with Gasteiger partial charge in [0.15, 0.2) is 0 Å². The van der Waals surface area contributed by atoms with Crippen LogP contribution in [0.25, 0.3) is 0 Å². The minimum absolute atomic E-state index is 0.144. The van der Waals surface area contributed by atoms with Crippen molar-refractivity contribution < 1.29 is 33.4 Å². The van der Waals surface area contributed by atoms with E-state index in [-0.39, 0.29) is 31.5 Å². The molecule has 13 nitrogen and oxygen atoms in total. The number of hydrogen-bond donors (Lipinski definition) is 5. The van der Waals surface area contributed by atoms with Crippen LogP contribution in [0.4, 0.5) is 10.5 Å². The quantitative estimate of drug-likeness (QED) is 0.109. The van der Waals surface area contributed by atoms with Gasteiger partial charge in [0.1, 0.15) is 17.8 Å². The van der Waals surface area contributed by atoms with E-state index in [1.165, 1.54) is 6.20 Å². The number of nitrogens with one attached hydrogen (secondary N) is 4. The molecular weight excluding hydrogens is 616 g/mol. The highest BCUT2D eigenvalue weighted by molar-refractivity contribution is 5.93. The summed E-state index contributed by atoms with van der Waals surface area (Å²) in [5, 5.41) is 11.2. The summed E-state index contributed by atoms with van der Waals surface area (Å²) in [5.41, 5.74) is 4.73. The smallest absolute Gasteiger partial charge is 0.414 e. The van der Waals surface area contributed by atoms with Gasteiger partial charge in [-0.3, -0.25) is 29.5 Å². The van der Waals surface area contributed by atoms with E-state index < -0.39 is 46.9 Å². The van der Waals surface area contributed by atoms with E-state index >= 15 is 0 Å². The molecule has 3 unspecified atom stereocenters. The second kappa shape index (κ2) is 18.6. The van der Waals surface area contributed by atoms with Crippen LogP contribution < -0.4 is 31.7 Å². The van der Waals surface area contributed by atoms with Crippen LogP contribution in [0.1, 0.15) is 86.1 Å². The van der Waals surface area contributed by atoms with E-state index in [9.17, 15) is 24.0 Å². The van der Waals surface area contributed by atoms with Crippen LogP contribution >= 0.6 is 0 Å². The van der Waals surface area contributed by atoms with Crippen molar-refractivity contribution in [3.05, 3.63) is 54.4 Å². The number of hydrogen-bond acceptors (Lipinski definition) is 8. The molecule has 48 heavy (non-hydrogen) atoms. The van der Waals surface area contributed by atoms with Crippen LogP contribution in [-0.4, -0.2) is 59.1 Å². The van der Waals surface area contributed by atoms with Gasteiger partial charge in [-0.25, -0.2) is 4.79 Å². The van der Waals surface area contributed by atoms with Gasteiger partial charge in [-0.15, -0.1) is 0 Å². The third-order valence-electron chi connectivity index (χ3n) is 8.75. The Kier molecular flexibility index (Phi) is 15.3. The van der Waals surface area contributed by atoms with Crippen molar-refractivity contribution >= 4 is 35.4 Å². The van der Waals surface area contributed by atoms with Crippen LogP contribution in [0, 0.1) is 11.3 Å². The zero-order valence-electron chi connectivity index (χ0n) is 29.2. The highest BCUT2D eigenvalue weighted by Crippen LogP contribution is 2.30. The molecule has 13 heteroatoms. The number of carbonyl (C=O) groups excluding carboxylic acids is 5. The molecule has 2 rings (SSSR count). The molecule has 0 bridgehead atoms. The van der Waals surface area contributed by atoms with Crippen molar-refractivity contribution in [2.24, 2.45) is 17.1 Å². The second-order valence-corrected chi connectivity index (χ2v) is 13.0. The van der Waals surface area contributed by atoms with E-state index in [2.05, 4.69) is 26.3 Å². The SMILES string of the molecule is CCCCCC(=O)NC(Cc1ccc(OCOC(=O)Nc2cccnc2)cc1)C(=O)NC(C(=O)NC(C)(C)C(C)(C)C(N)=O)C(C)CC. The maximum atomic E-state index is 13.8. The first-order valence-electron chi connectivity index (χ1n) is 16.4. The highest BCUT2D eigenvalue weighted by atomic mass is 16.7. The molecule has 3 atom stereocenters. The lowest BCUT2D eigenvalue weighted by molar-refractivity contribution is -0.136. The molecule has 5 amide bonds. The Morgan fingerprint density at radius 3 is 2.21 bits per heavy atom. The molecule has 1 aromatic carbocycles. The lowest BCUT2D eigenvalue weighted by Gasteiger charge is -2.41. The maximum absolute atomic E-state index is 13.8. The Hall–Kier alpha value is -4.68. The zero-order chi connectivity index (χ0) is 35.9. The molecule has 0 saturated heterocycles. The minimum atomic E-state index is -1.07. The third kappa shape index (κ3) is 12.2. The molecule has 264 valence electrons. The van der Waals surface area contributed by atoms with Gasteiger partial charge in [-0.2, -0.15) is 0 Å². The first kappa shape index (κ1) is 39.5. The molecule has 1 heterocycles. The van der Waals surface area contributed by atoms with Gasteiger partial charge in [0.2, 0.25) is 30.4 Å². The Balaban J connectivity index is 2.15. The number of carbonyl (C=O) groups is 5. The van der Waals surface area contributed by atoms with E-state index in [1.54, 1.807) is 70.3 Å². The predicted octanol–water partition coefficient (Wildman–Crippen LogP) is 4.21. The molecule has 0 radical (unpaired) electrons. The van der Waals surface area contributed by atoms with Crippen molar-refractivity contribution in [3.8, 4) is 5.75 Å². The first-order chi connectivity index (χ1) is 22.6. The Morgan fingerprint density at radius 1 is 0.938 bits per heavy atom. The Morgan fingerprint density at radius 2 is 1.62 bits per heavy atom. The third-order valence-corrected chi connectivity index (χ3v) is 8.75. The molecular formula is C35H52N6O7. The normalized spacial score (nSPS) is 13.3.